The van der Waals surface area contributed by atoms with Crippen molar-refractivity contribution in [3.63, 3.8) is 0 Å². The molecule has 3 rings (SSSR count). The molecule has 2 aromatic heterocycles. The normalized spacial score (nSPS) is 12.5. The van der Waals surface area contributed by atoms with Crippen LogP contribution in [0.25, 0.3) is 26.7 Å². The molecule has 0 aliphatic rings. The van der Waals surface area contributed by atoms with Crippen LogP contribution in [0.4, 0.5) is 14.5 Å². The minimum Gasteiger partial charge on any atom is -0.386 e. The van der Waals surface area contributed by atoms with Crippen LogP contribution in [0.1, 0.15) is 12.6 Å². The lowest BCUT2D eigenvalue weighted by Gasteiger charge is -2.03. The number of hydrogen-bond donors (Lipinski definition) is 1. The SMILES string of the molecule is CC=N/C(F)=C\C=C\c1ccc2cc(-c3ccc(NC)c(F)c3)sc2n1. The van der Waals surface area contributed by atoms with E-state index < -0.39 is 5.95 Å². The lowest BCUT2D eigenvalue weighted by molar-refractivity contribution is 0.629. The Morgan fingerprint density at radius 2 is 2.08 bits per heavy atom. The first-order chi connectivity index (χ1) is 12.6. The molecule has 0 fully saturated rings. The molecule has 132 valence electrons. The number of nitrogens with one attached hydrogen (secondary N) is 1. The largest absolute Gasteiger partial charge is 0.386 e. The van der Waals surface area contributed by atoms with Crippen LogP contribution in [0.5, 0.6) is 0 Å². The van der Waals surface area contributed by atoms with Crippen LogP contribution in [-0.2, 0) is 0 Å². The Bertz CT molecular complexity index is 1020. The van der Waals surface area contributed by atoms with E-state index in [9.17, 15) is 8.78 Å². The van der Waals surface area contributed by atoms with Crippen molar-refractivity contribution in [2.75, 3.05) is 12.4 Å². The van der Waals surface area contributed by atoms with Gasteiger partial charge in [-0.05, 0) is 55.0 Å². The van der Waals surface area contributed by atoms with Gasteiger partial charge in [0.25, 0.3) is 0 Å². The molecule has 0 aliphatic heterocycles. The molecule has 1 N–H and O–H groups in total. The molecule has 0 saturated heterocycles. The van der Waals surface area contributed by atoms with Crippen LogP contribution < -0.4 is 5.32 Å². The number of fused-ring (bicyclic) bond motifs is 1. The Morgan fingerprint density at radius 1 is 1.23 bits per heavy atom. The maximum atomic E-state index is 14.0. The summed E-state index contributed by atoms with van der Waals surface area (Å²) < 4.78 is 27.2. The number of aliphatic imine (C=N–C) groups is 1. The average Bonchev–Trinajstić information content (AvgIpc) is 3.05. The van der Waals surface area contributed by atoms with E-state index in [2.05, 4.69) is 15.3 Å². The second-order valence-electron chi connectivity index (χ2n) is 5.42. The molecule has 26 heavy (non-hydrogen) atoms. The van der Waals surface area contributed by atoms with Crippen LogP contribution in [-0.4, -0.2) is 18.2 Å². The van der Waals surface area contributed by atoms with Crippen molar-refractivity contribution in [3.8, 4) is 10.4 Å². The molecule has 0 bridgehead atoms. The minimum absolute atomic E-state index is 0.289. The van der Waals surface area contributed by atoms with E-state index in [1.807, 2.05) is 24.3 Å². The van der Waals surface area contributed by atoms with Crippen molar-refractivity contribution in [2.45, 2.75) is 6.92 Å². The number of rotatable bonds is 5. The van der Waals surface area contributed by atoms with E-state index in [1.54, 1.807) is 32.2 Å². The highest BCUT2D eigenvalue weighted by Gasteiger charge is 2.08. The molecule has 2 heterocycles. The molecule has 0 unspecified atom stereocenters. The Kier molecular flexibility index (Phi) is 5.53. The monoisotopic (exact) mass is 369 g/mol. The van der Waals surface area contributed by atoms with Crippen LogP contribution in [0.15, 0.2) is 59.5 Å². The fourth-order valence-corrected chi connectivity index (χ4v) is 3.47. The number of benzene rings is 1. The number of allylic oxidation sites excluding steroid dienone is 2. The quantitative estimate of drug-likeness (QED) is 0.337. The first kappa shape index (κ1) is 17.9. The number of halogens is 2. The van der Waals surface area contributed by atoms with Crippen molar-refractivity contribution in [1.82, 2.24) is 4.98 Å². The van der Waals surface area contributed by atoms with Gasteiger partial charge in [0.15, 0.2) is 0 Å². The highest BCUT2D eigenvalue weighted by atomic mass is 32.1. The van der Waals surface area contributed by atoms with E-state index in [0.29, 0.717) is 11.4 Å². The first-order valence-corrected chi connectivity index (χ1v) is 8.83. The fraction of sp³-hybridized carbons (Fsp3) is 0.100. The van der Waals surface area contributed by atoms with Gasteiger partial charge in [0, 0.05) is 23.5 Å². The Balaban J connectivity index is 1.89. The predicted octanol–water partition coefficient (Wildman–Crippen LogP) is 6.06. The highest BCUT2D eigenvalue weighted by Crippen LogP contribution is 2.34. The van der Waals surface area contributed by atoms with E-state index >= 15 is 0 Å². The lowest BCUT2D eigenvalue weighted by atomic mass is 10.1. The van der Waals surface area contributed by atoms with Gasteiger partial charge in [0.2, 0.25) is 5.95 Å². The number of aromatic nitrogens is 1. The summed E-state index contributed by atoms with van der Waals surface area (Å²) in [5.74, 6) is -0.849. The van der Waals surface area contributed by atoms with Gasteiger partial charge in [0.05, 0.1) is 11.4 Å². The van der Waals surface area contributed by atoms with Gasteiger partial charge >= 0.3 is 0 Å². The first-order valence-electron chi connectivity index (χ1n) is 8.01. The highest BCUT2D eigenvalue weighted by molar-refractivity contribution is 7.21. The molecule has 0 radical (unpaired) electrons. The third kappa shape index (κ3) is 4.03. The third-order valence-corrected chi connectivity index (χ3v) is 4.77. The zero-order valence-electron chi connectivity index (χ0n) is 14.3. The topological polar surface area (TPSA) is 37.3 Å². The zero-order chi connectivity index (χ0) is 18.5. The van der Waals surface area contributed by atoms with E-state index in [0.717, 1.165) is 20.7 Å². The lowest BCUT2D eigenvalue weighted by Crippen LogP contribution is -1.91. The maximum absolute atomic E-state index is 14.0. The van der Waals surface area contributed by atoms with E-state index in [4.69, 9.17) is 0 Å². The Hall–Kier alpha value is -2.86. The number of pyridine rings is 1. The molecule has 1 aromatic carbocycles. The molecule has 6 heteroatoms. The molecular weight excluding hydrogens is 352 g/mol. The number of hydrogen-bond acceptors (Lipinski definition) is 4. The minimum atomic E-state index is -0.560. The summed E-state index contributed by atoms with van der Waals surface area (Å²) in [5, 5.41) is 3.80. The van der Waals surface area contributed by atoms with Gasteiger partial charge in [-0.15, -0.1) is 11.3 Å². The number of thiophene rings is 1. The summed E-state index contributed by atoms with van der Waals surface area (Å²) in [6.45, 7) is 1.65. The maximum Gasteiger partial charge on any atom is 0.212 e. The van der Waals surface area contributed by atoms with Crippen molar-refractivity contribution in [1.29, 1.82) is 0 Å². The van der Waals surface area contributed by atoms with Gasteiger partial charge in [-0.2, -0.15) is 4.39 Å². The molecule has 0 atom stereocenters. The van der Waals surface area contributed by atoms with Crippen LogP contribution >= 0.6 is 11.3 Å². The summed E-state index contributed by atoms with van der Waals surface area (Å²) in [4.78, 5) is 9.87. The number of anilines is 1. The summed E-state index contributed by atoms with van der Waals surface area (Å²) in [5.41, 5.74) is 1.99. The summed E-state index contributed by atoms with van der Waals surface area (Å²) in [6.07, 6.45) is 5.95. The summed E-state index contributed by atoms with van der Waals surface area (Å²) >= 11 is 1.49. The van der Waals surface area contributed by atoms with Crippen molar-refractivity contribution < 1.29 is 8.78 Å². The van der Waals surface area contributed by atoms with Gasteiger partial charge in [0.1, 0.15) is 10.6 Å². The molecule has 3 aromatic rings. The van der Waals surface area contributed by atoms with Gasteiger partial charge < -0.3 is 5.32 Å². The van der Waals surface area contributed by atoms with E-state index in [1.165, 1.54) is 29.7 Å². The second kappa shape index (κ2) is 8.01. The molecule has 0 spiro atoms. The van der Waals surface area contributed by atoms with Gasteiger partial charge in [-0.1, -0.05) is 12.1 Å². The van der Waals surface area contributed by atoms with Gasteiger partial charge in [-0.25, -0.2) is 14.4 Å². The summed E-state index contributed by atoms with van der Waals surface area (Å²) in [7, 11) is 1.69. The second-order valence-corrected chi connectivity index (χ2v) is 6.45. The molecule has 0 saturated carbocycles. The van der Waals surface area contributed by atoms with Crippen molar-refractivity contribution in [2.24, 2.45) is 4.99 Å². The van der Waals surface area contributed by atoms with Crippen LogP contribution in [0.2, 0.25) is 0 Å². The van der Waals surface area contributed by atoms with Gasteiger partial charge in [-0.3, -0.25) is 0 Å². The Morgan fingerprint density at radius 3 is 2.81 bits per heavy atom. The fourth-order valence-electron chi connectivity index (χ4n) is 2.43. The van der Waals surface area contributed by atoms with Crippen LogP contribution in [0, 0.1) is 5.82 Å². The predicted molar refractivity (Wildman–Crippen MR) is 107 cm³/mol. The zero-order valence-corrected chi connectivity index (χ0v) is 15.1. The van der Waals surface area contributed by atoms with E-state index in [-0.39, 0.29) is 5.82 Å². The number of nitrogens with zero attached hydrogens (tertiary/aromatic N) is 2. The molecule has 0 aliphatic carbocycles. The van der Waals surface area contributed by atoms with Crippen molar-refractivity contribution >= 4 is 39.5 Å². The van der Waals surface area contributed by atoms with Crippen LogP contribution in [0.3, 0.4) is 0 Å². The molecular formula is C20H17F2N3S. The van der Waals surface area contributed by atoms with Crippen molar-refractivity contribution in [3.05, 3.63) is 66.0 Å². The summed E-state index contributed by atoms with van der Waals surface area (Å²) in [6, 6.07) is 10.9. The molecule has 3 nitrogen and oxygen atoms in total. The third-order valence-electron chi connectivity index (χ3n) is 3.68. The standard InChI is InChI=1S/C20H17F2N3S/c1-3-24-19(22)6-4-5-15-9-7-14-12-18(26-20(14)25-15)13-8-10-17(23-2)16(21)11-13/h3-12,23H,1-2H3/b5-4+,19-6-,24-3?. The smallest absolute Gasteiger partial charge is 0.212 e. The Labute approximate surface area is 154 Å². The average molecular weight is 369 g/mol. The molecule has 0 amide bonds.